The predicted molar refractivity (Wildman–Crippen MR) is 183 cm³/mol. The minimum atomic E-state index is -0.806. The van der Waals surface area contributed by atoms with Crippen LogP contribution in [0, 0.1) is 5.92 Å². The molecule has 4 N–H and O–H groups in total. The lowest BCUT2D eigenvalue weighted by atomic mass is 9.95. The van der Waals surface area contributed by atoms with Crippen LogP contribution in [0.4, 0.5) is 0 Å². The molecule has 6 rings (SSSR count). The van der Waals surface area contributed by atoms with Gasteiger partial charge in [0.15, 0.2) is 0 Å². The highest BCUT2D eigenvalue weighted by Crippen LogP contribution is 2.21. The van der Waals surface area contributed by atoms with Crippen LogP contribution in [-0.4, -0.2) is 74.0 Å². The second kappa shape index (κ2) is 14.9. The molecule has 0 radical (unpaired) electrons. The summed E-state index contributed by atoms with van der Waals surface area (Å²) >= 11 is 0. The van der Waals surface area contributed by atoms with Crippen molar-refractivity contribution in [2.75, 3.05) is 33.2 Å². The number of nitrogens with zero attached hydrogens (tertiary/aromatic N) is 1. The fraction of sp³-hybridized carbons (Fsp3) is 0.395. The first kappa shape index (κ1) is 31.7. The van der Waals surface area contributed by atoms with Crippen molar-refractivity contribution in [3.8, 4) is 0 Å². The van der Waals surface area contributed by atoms with Gasteiger partial charge in [0.05, 0.1) is 0 Å². The fourth-order valence-electron chi connectivity index (χ4n) is 6.83. The van der Waals surface area contributed by atoms with E-state index in [-0.39, 0.29) is 29.7 Å². The molecule has 4 aromatic carbocycles. The molecule has 2 aliphatic rings. The minimum absolute atomic E-state index is 0.0596. The molecule has 8 nitrogen and oxygen atoms in total. The molecule has 2 heterocycles. The van der Waals surface area contributed by atoms with E-state index < -0.39 is 12.1 Å². The number of likely N-dealkylation sites (N-methyl/N-ethyl adjacent to an activating group) is 1. The normalized spacial score (nSPS) is 17.3. The van der Waals surface area contributed by atoms with Gasteiger partial charge in [0.2, 0.25) is 17.7 Å². The van der Waals surface area contributed by atoms with E-state index in [2.05, 4.69) is 69.8 Å². The second-order valence-electron chi connectivity index (χ2n) is 12.9. The molecule has 2 atom stereocenters. The van der Waals surface area contributed by atoms with Gasteiger partial charge in [-0.3, -0.25) is 14.4 Å². The van der Waals surface area contributed by atoms with Gasteiger partial charge in [0.25, 0.3) is 0 Å². The highest BCUT2D eigenvalue weighted by molar-refractivity contribution is 5.93. The number of rotatable bonds is 10. The first-order chi connectivity index (χ1) is 22.4. The smallest absolute Gasteiger partial charge is 0.245 e. The van der Waals surface area contributed by atoms with Crippen LogP contribution in [0.25, 0.3) is 21.5 Å². The zero-order valence-electron chi connectivity index (χ0n) is 26.6. The van der Waals surface area contributed by atoms with Crippen molar-refractivity contribution in [2.45, 2.75) is 56.7 Å². The van der Waals surface area contributed by atoms with E-state index in [1.165, 1.54) is 0 Å². The lowest BCUT2D eigenvalue weighted by Gasteiger charge is -2.34. The maximum Gasteiger partial charge on any atom is 0.245 e. The van der Waals surface area contributed by atoms with Crippen molar-refractivity contribution in [1.82, 2.24) is 26.2 Å². The van der Waals surface area contributed by atoms with Gasteiger partial charge >= 0.3 is 0 Å². The van der Waals surface area contributed by atoms with E-state index in [4.69, 9.17) is 0 Å². The molecular formula is C38H45N5O3. The number of hydrogen-bond acceptors (Lipinski definition) is 5. The molecule has 0 spiro atoms. The van der Waals surface area contributed by atoms with Crippen molar-refractivity contribution < 1.29 is 14.4 Å². The topological polar surface area (TPSA) is 103 Å². The van der Waals surface area contributed by atoms with E-state index in [1.54, 1.807) is 11.9 Å². The van der Waals surface area contributed by atoms with Crippen molar-refractivity contribution in [1.29, 1.82) is 0 Å². The average molecular weight is 620 g/mol. The lowest BCUT2D eigenvalue weighted by molar-refractivity contribution is -0.142. The van der Waals surface area contributed by atoms with Gasteiger partial charge in [0, 0.05) is 31.8 Å². The van der Waals surface area contributed by atoms with Crippen molar-refractivity contribution in [3.63, 3.8) is 0 Å². The zero-order chi connectivity index (χ0) is 31.9. The summed E-state index contributed by atoms with van der Waals surface area (Å²) in [5.41, 5.74) is 1.94. The second-order valence-corrected chi connectivity index (χ2v) is 12.9. The van der Waals surface area contributed by atoms with Gasteiger partial charge in [-0.1, -0.05) is 84.9 Å². The summed E-state index contributed by atoms with van der Waals surface area (Å²) in [7, 11) is 1.71. The third kappa shape index (κ3) is 7.74. The third-order valence-corrected chi connectivity index (χ3v) is 9.62. The maximum absolute atomic E-state index is 14.5. The summed E-state index contributed by atoms with van der Waals surface area (Å²) < 4.78 is 0. The zero-order valence-corrected chi connectivity index (χ0v) is 26.6. The van der Waals surface area contributed by atoms with E-state index in [1.807, 2.05) is 36.4 Å². The van der Waals surface area contributed by atoms with Gasteiger partial charge in [-0.25, -0.2) is 0 Å². The van der Waals surface area contributed by atoms with Gasteiger partial charge < -0.3 is 26.2 Å². The summed E-state index contributed by atoms with van der Waals surface area (Å²) in [6.07, 6.45) is 3.88. The molecule has 8 heteroatoms. The first-order valence-corrected chi connectivity index (χ1v) is 16.7. The Balaban J connectivity index is 1.28. The largest absolute Gasteiger partial charge is 0.351 e. The third-order valence-electron chi connectivity index (χ3n) is 9.62. The van der Waals surface area contributed by atoms with Crippen LogP contribution in [0.1, 0.15) is 36.8 Å². The van der Waals surface area contributed by atoms with E-state index >= 15 is 0 Å². The summed E-state index contributed by atoms with van der Waals surface area (Å²) in [6.45, 7) is 3.27. The Morgan fingerprint density at radius 3 is 1.83 bits per heavy atom. The summed E-state index contributed by atoms with van der Waals surface area (Å²) in [4.78, 5) is 43.6. The summed E-state index contributed by atoms with van der Waals surface area (Å²) in [6, 6.07) is 27.2. The number of fused-ring (bicyclic) bond motifs is 2. The van der Waals surface area contributed by atoms with E-state index in [9.17, 15) is 14.4 Å². The highest BCUT2D eigenvalue weighted by atomic mass is 16.2. The quantitative estimate of drug-likeness (QED) is 0.215. The molecule has 2 saturated heterocycles. The summed E-state index contributed by atoms with van der Waals surface area (Å²) in [5.74, 6) is -0.666. The number of piperidine rings is 2. The summed E-state index contributed by atoms with van der Waals surface area (Å²) in [5, 5.41) is 17.5. The van der Waals surface area contributed by atoms with Crippen molar-refractivity contribution >= 4 is 39.3 Å². The van der Waals surface area contributed by atoms with Crippen molar-refractivity contribution in [3.05, 3.63) is 96.1 Å². The van der Waals surface area contributed by atoms with Crippen molar-refractivity contribution in [2.24, 2.45) is 5.92 Å². The van der Waals surface area contributed by atoms with Crippen LogP contribution in [-0.2, 0) is 27.2 Å². The number of carbonyl (C=O) groups excluding carboxylic acids is 3. The Morgan fingerprint density at radius 1 is 0.717 bits per heavy atom. The Bertz CT molecular complexity index is 1680. The number of benzene rings is 4. The Labute approximate surface area is 271 Å². The van der Waals surface area contributed by atoms with Crippen LogP contribution < -0.4 is 21.3 Å². The minimum Gasteiger partial charge on any atom is -0.351 e. The Hall–Kier alpha value is -4.27. The maximum atomic E-state index is 14.5. The Morgan fingerprint density at radius 2 is 1.24 bits per heavy atom. The highest BCUT2D eigenvalue weighted by Gasteiger charge is 2.35. The standard InChI is InChI=1S/C38H45N5O3/c1-43(35(37(45)41-33-16-20-40-21-17-33)25-27-11-13-29-7-3-5-9-32(29)23-27)38(46)34(42-36(44)30-14-18-39-19-15-30)24-26-10-12-28-6-2-4-8-31(28)22-26/h2-13,22-23,30,33-35,39-40H,14-21,24-25H2,1H3,(H,41,45)(H,42,44)/t34-,35-/m1/s1. The van der Waals surface area contributed by atoms with Gasteiger partial charge in [0.1, 0.15) is 12.1 Å². The number of amides is 3. The molecule has 0 unspecified atom stereocenters. The molecule has 0 aromatic heterocycles. The number of nitrogens with one attached hydrogen (secondary N) is 4. The molecule has 240 valence electrons. The molecule has 0 aliphatic carbocycles. The van der Waals surface area contributed by atoms with E-state index in [0.717, 1.165) is 84.5 Å². The SMILES string of the molecule is CN(C(=O)[C@@H](Cc1ccc2ccccc2c1)NC(=O)C1CCNCC1)[C@H](Cc1ccc2ccccc2c1)C(=O)NC1CCNCC1. The van der Waals surface area contributed by atoms with Gasteiger partial charge in [-0.15, -0.1) is 0 Å². The monoisotopic (exact) mass is 619 g/mol. The molecule has 2 aliphatic heterocycles. The van der Waals surface area contributed by atoms with Crippen LogP contribution in [0.5, 0.6) is 0 Å². The molecule has 2 fully saturated rings. The average Bonchev–Trinajstić information content (AvgIpc) is 3.10. The van der Waals surface area contributed by atoms with Crippen LogP contribution in [0.15, 0.2) is 84.9 Å². The predicted octanol–water partition coefficient (Wildman–Crippen LogP) is 3.96. The molecule has 0 saturated carbocycles. The Kier molecular flexibility index (Phi) is 10.3. The molecular weight excluding hydrogens is 574 g/mol. The fourth-order valence-corrected chi connectivity index (χ4v) is 6.83. The lowest BCUT2D eigenvalue weighted by Crippen LogP contribution is -2.57. The number of carbonyl (C=O) groups is 3. The molecule has 46 heavy (non-hydrogen) atoms. The molecule has 0 bridgehead atoms. The van der Waals surface area contributed by atoms with Gasteiger partial charge in [-0.2, -0.15) is 0 Å². The van der Waals surface area contributed by atoms with Crippen LogP contribution in [0.2, 0.25) is 0 Å². The van der Waals surface area contributed by atoms with Crippen LogP contribution in [0.3, 0.4) is 0 Å². The molecule has 4 aromatic rings. The van der Waals surface area contributed by atoms with E-state index in [0.29, 0.717) is 12.8 Å². The first-order valence-electron chi connectivity index (χ1n) is 16.7. The number of hydrogen-bond donors (Lipinski definition) is 4. The van der Waals surface area contributed by atoms with Gasteiger partial charge in [-0.05, 0) is 84.5 Å². The molecule has 3 amide bonds. The van der Waals surface area contributed by atoms with Crippen LogP contribution >= 0.6 is 0 Å².